The van der Waals surface area contributed by atoms with E-state index in [0.29, 0.717) is 12.4 Å². The van der Waals surface area contributed by atoms with Crippen molar-refractivity contribution in [3.63, 3.8) is 0 Å². The van der Waals surface area contributed by atoms with Gasteiger partial charge < -0.3 is 18.8 Å². The molecule has 26 heavy (non-hydrogen) atoms. The molecule has 0 amide bonds. The average Bonchev–Trinajstić information content (AvgIpc) is 2.90. The lowest BCUT2D eigenvalue weighted by Crippen LogP contribution is -2.45. The van der Waals surface area contributed by atoms with E-state index in [-0.39, 0.29) is 25.2 Å². The topological polar surface area (TPSA) is 60.4 Å². The normalized spacial score (nSPS) is 20.2. The number of alkyl halides is 1. The van der Waals surface area contributed by atoms with Gasteiger partial charge in [-0.2, -0.15) is 0 Å². The van der Waals surface area contributed by atoms with Crippen LogP contribution in [0, 0.1) is 5.82 Å². The molecule has 0 bridgehead atoms. The van der Waals surface area contributed by atoms with Gasteiger partial charge in [0.15, 0.2) is 5.84 Å². The monoisotopic (exact) mass is 450 g/mol. The molecule has 1 unspecified atom stereocenters. The fraction of sp³-hybridized carbons (Fsp3) is 0.588. The molecule has 2 rings (SSSR count). The van der Waals surface area contributed by atoms with Gasteiger partial charge in [-0.25, -0.2) is 4.39 Å². The Bertz CT molecular complexity index is 663. The number of nitrogens with zero attached hydrogens (tertiary/aromatic N) is 2. The Morgan fingerprint density at radius 2 is 1.88 bits per heavy atom. The summed E-state index contributed by atoms with van der Waals surface area (Å²) in [6.45, 7) is 6.57. The summed E-state index contributed by atoms with van der Waals surface area (Å²) in [6, 6.07) is 6.10. The number of oxime groups is 1. The van der Waals surface area contributed by atoms with E-state index in [0.717, 1.165) is 17.3 Å². The molecular formula is C17H25BrFN2O4P. The maximum Gasteiger partial charge on any atom is 0.338 e. The summed E-state index contributed by atoms with van der Waals surface area (Å²) in [5, 5.41) is 4.97. The van der Waals surface area contributed by atoms with E-state index in [2.05, 4.69) is 21.1 Å². The van der Waals surface area contributed by atoms with Crippen LogP contribution in [0.15, 0.2) is 29.4 Å². The van der Waals surface area contributed by atoms with Gasteiger partial charge in [0.05, 0.1) is 13.2 Å². The molecule has 1 atom stereocenters. The van der Waals surface area contributed by atoms with Gasteiger partial charge in [0, 0.05) is 24.4 Å². The molecule has 6 nitrogen and oxygen atoms in total. The molecular weight excluding hydrogens is 426 g/mol. The molecule has 146 valence electrons. The summed E-state index contributed by atoms with van der Waals surface area (Å²) >= 11 is 3.43. The number of halogens is 2. The molecule has 0 saturated carbocycles. The largest absolute Gasteiger partial charge is 0.361 e. The third-order valence-electron chi connectivity index (χ3n) is 4.04. The van der Waals surface area contributed by atoms with Crippen molar-refractivity contribution in [3.8, 4) is 0 Å². The Hall–Kier alpha value is -0.950. The first-order valence-electron chi connectivity index (χ1n) is 8.61. The first kappa shape index (κ1) is 21.4. The van der Waals surface area contributed by atoms with Crippen LogP contribution in [-0.2, 0) is 24.2 Å². The lowest BCUT2D eigenvalue weighted by Gasteiger charge is -2.35. The van der Waals surface area contributed by atoms with Gasteiger partial charge in [0.1, 0.15) is 12.0 Å². The van der Waals surface area contributed by atoms with Crippen LogP contribution >= 0.6 is 23.5 Å². The van der Waals surface area contributed by atoms with Crippen molar-refractivity contribution in [2.24, 2.45) is 5.16 Å². The standard InChI is InChI=1S/C17H25BrFN2O4P/c1-4-23-26(22,24-5-2)13-16-20-25-17(3,21(16)12-6-11-18)14-7-9-15(19)10-8-14/h7-10H,4-6,11-13H2,1-3H3. The minimum Gasteiger partial charge on any atom is -0.361 e. The smallest absolute Gasteiger partial charge is 0.338 e. The highest BCUT2D eigenvalue weighted by molar-refractivity contribution is 9.09. The fourth-order valence-corrected chi connectivity index (χ4v) is 4.69. The van der Waals surface area contributed by atoms with Crippen molar-refractivity contribution in [2.45, 2.75) is 32.9 Å². The Morgan fingerprint density at radius 1 is 1.27 bits per heavy atom. The van der Waals surface area contributed by atoms with Crippen molar-refractivity contribution in [2.75, 3.05) is 31.3 Å². The van der Waals surface area contributed by atoms with E-state index in [4.69, 9.17) is 13.9 Å². The van der Waals surface area contributed by atoms with Crippen LogP contribution in [0.2, 0.25) is 0 Å². The molecule has 1 aromatic rings. The second-order valence-corrected chi connectivity index (χ2v) is 8.73. The first-order valence-corrected chi connectivity index (χ1v) is 11.5. The third kappa shape index (κ3) is 4.85. The predicted molar refractivity (Wildman–Crippen MR) is 103 cm³/mol. The molecule has 1 aromatic carbocycles. The van der Waals surface area contributed by atoms with Crippen LogP contribution in [0.5, 0.6) is 0 Å². The van der Waals surface area contributed by atoms with Gasteiger partial charge in [-0.15, -0.1) is 0 Å². The summed E-state index contributed by atoms with van der Waals surface area (Å²) in [5.74, 6) is 0.184. The second-order valence-electron chi connectivity index (χ2n) is 5.89. The highest BCUT2D eigenvalue weighted by Gasteiger charge is 2.45. The zero-order chi connectivity index (χ0) is 19.2. The van der Waals surface area contributed by atoms with Gasteiger partial charge in [-0.05, 0) is 32.4 Å². The Morgan fingerprint density at radius 3 is 2.42 bits per heavy atom. The van der Waals surface area contributed by atoms with Crippen molar-refractivity contribution >= 4 is 29.4 Å². The lowest BCUT2D eigenvalue weighted by atomic mass is 10.0. The zero-order valence-corrected chi connectivity index (χ0v) is 17.8. The van der Waals surface area contributed by atoms with E-state index >= 15 is 0 Å². The molecule has 0 radical (unpaired) electrons. The first-order chi connectivity index (χ1) is 12.4. The molecule has 0 saturated heterocycles. The molecule has 9 heteroatoms. The third-order valence-corrected chi connectivity index (χ3v) is 6.57. The Kier molecular flexibility index (Phi) is 7.64. The van der Waals surface area contributed by atoms with E-state index in [9.17, 15) is 8.96 Å². The molecule has 0 aliphatic carbocycles. The molecule has 0 aromatic heterocycles. The SMILES string of the molecule is CCOP(=O)(CC1=NOC(C)(c2ccc(F)cc2)N1CCCBr)OCC. The second kappa shape index (κ2) is 9.31. The summed E-state index contributed by atoms with van der Waals surface area (Å²) in [4.78, 5) is 7.67. The van der Waals surface area contributed by atoms with Crippen LogP contribution in [0.1, 0.15) is 32.8 Å². The summed E-state index contributed by atoms with van der Waals surface area (Å²) in [7, 11) is -3.32. The minimum atomic E-state index is -3.32. The highest BCUT2D eigenvalue weighted by atomic mass is 79.9. The van der Waals surface area contributed by atoms with Crippen LogP contribution in [-0.4, -0.2) is 42.0 Å². The van der Waals surface area contributed by atoms with Crippen LogP contribution in [0.4, 0.5) is 4.39 Å². The maximum absolute atomic E-state index is 13.3. The Labute approximate surface area is 162 Å². The number of rotatable bonds is 10. The fourth-order valence-electron chi connectivity index (χ4n) is 2.82. The quantitative estimate of drug-likeness (QED) is 0.382. The zero-order valence-electron chi connectivity index (χ0n) is 15.3. The summed E-state index contributed by atoms with van der Waals surface area (Å²) < 4.78 is 37.0. The number of hydrogen-bond acceptors (Lipinski definition) is 6. The predicted octanol–water partition coefficient (Wildman–Crippen LogP) is 4.70. The number of amidine groups is 1. The van der Waals surface area contributed by atoms with E-state index in [1.54, 1.807) is 26.0 Å². The van der Waals surface area contributed by atoms with E-state index in [1.165, 1.54) is 12.1 Å². The van der Waals surface area contributed by atoms with Crippen molar-refractivity contribution in [3.05, 3.63) is 35.6 Å². The molecule has 1 aliphatic rings. The van der Waals surface area contributed by atoms with Gasteiger partial charge in [0.2, 0.25) is 5.72 Å². The van der Waals surface area contributed by atoms with Gasteiger partial charge >= 0.3 is 7.60 Å². The molecule has 1 aliphatic heterocycles. The van der Waals surface area contributed by atoms with Crippen LogP contribution < -0.4 is 0 Å². The summed E-state index contributed by atoms with van der Waals surface area (Å²) in [6.07, 6.45) is 0.848. The van der Waals surface area contributed by atoms with Gasteiger partial charge in [-0.1, -0.05) is 33.2 Å². The van der Waals surface area contributed by atoms with Gasteiger partial charge in [0.25, 0.3) is 0 Å². The highest BCUT2D eigenvalue weighted by Crippen LogP contribution is 2.50. The number of hydrogen-bond donors (Lipinski definition) is 0. The van der Waals surface area contributed by atoms with Crippen molar-refractivity contribution in [1.82, 2.24) is 4.90 Å². The summed E-state index contributed by atoms with van der Waals surface area (Å²) in [5.41, 5.74) is -0.149. The minimum absolute atomic E-state index is 0.0216. The average molecular weight is 451 g/mol. The molecule has 0 N–H and O–H groups in total. The lowest BCUT2D eigenvalue weighted by molar-refractivity contribution is -0.0903. The molecule has 0 spiro atoms. The molecule has 0 fully saturated rings. The van der Waals surface area contributed by atoms with Crippen LogP contribution in [0.3, 0.4) is 0 Å². The molecule has 1 heterocycles. The van der Waals surface area contributed by atoms with Crippen molar-refractivity contribution in [1.29, 1.82) is 0 Å². The number of benzene rings is 1. The van der Waals surface area contributed by atoms with E-state index in [1.807, 2.05) is 11.8 Å². The maximum atomic E-state index is 13.3. The van der Waals surface area contributed by atoms with Crippen LogP contribution in [0.25, 0.3) is 0 Å². The Balaban J connectivity index is 2.29. The van der Waals surface area contributed by atoms with Gasteiger partial charge in [-0.3, -0.25) is 4.57 Å². The van der Waals surface area contributed by atoms with E-state index < -0.39 is 13.3 Å². The van der Waals surface area contributed by atoms with Crippen molar-refractivity contribution < 1.29 is 22.8 Å².